The second-order valence-electron chi connectivity index (χ2n) is 4.09. The molecule has 5 heteroatoms. The molecule has 0 aliphatic rings. The fraction of sp³-hybridized carbons (Fsp3) is 0.538. The van der Waals surface area contributed by atoms with E-state index in [1.807, 2.05) is 10.8 Å². The molecule has 1 heterocycles. The Labute approximate surface area is 108 Å². The van der Waals surface area contributed by atoms with Crippen LogP contribution in [0.15, 0.2) is 18.1 Å². The Morgan fingerprint density at radius 1 is 1.61 bits per heavy atom. The van der Waals surface area contributed by atoms with Gasteiger partial charge in [-0.25, -0.2) is 9.78 Å². The van der Waals surface area contributed by atoms with Gasteiger partial charge >= 0.3 is 5.97 Å². The number of carbonyl (C=O) groups is 1. The summed E-state index contributed by atoms with van der Waals surface area (Å²) >= 11 is 0. The molecule has 100 valence electrons. The second-order valence-corrected chi connectivity index (χ2v) is 4.09. The van der Waals surface area contributed by atoms with Crippen molar-refractivity contribution in [3.05, 3.63) is 23.8 Å². The highest BCUT2D eigenvalue weighted by molar-refractivity contribution is 5.93. The van der Waals surface area contributed by atoms with Crippen molar-refractivity contribution >= 4 is 12.0 Å². The first kappa shape index (κ1) is 14.4. The molecule has 0 bridgehead atoms. The SMILES string of the molecule is CCCn1cnc(/C=C(/CCCN)C(=O)OC)c1. The number of hydrogen-bond acceptors (Lipinski definition) is 4. The highest BCUT2D eigenvalue weighted by atomic mass is 16.5. The van der Waals surface area contributed by atoms with E-state index < -0.39 is 0 Å². The Hall–Kier alpha value is -1.62. The molecule has 2 N–H and O–H groups in total. The molecule has 0 amide bonds. The number of nitrogens with zero attached hydrogens (tertiary/aromatic N) is 2. The quantitative estimate of drug-likeness (QED) is 0.590. The van der Waals surface area contributed by atoms with E-state index in [0.717, 1.165) is 25.1 Å². The summed E-state index contributed by atoms with van der Waals surface area (Å²) in [6, 6.07) is 0. The minimum absolute atomic E-state index is 0.312. The van der Waals surface area contributed by atoms with E-state index >= 15 is 0 Å². The Morgan fingerprint density at radius 2 is 2.39 bits per heavy atom. The summed E-state index contributed by atoms with van der Waals surface area (Å²) in [5.74, 6) is -0.312. The lowest BCUT2D eigenvalue weighted by Crippen LogP contribution is -2.07. The van der Waals surface area contributed by atoms with E-state index in [1.54, 1.807) is 12.4 Å². The third kappa shape index (κ3) is 4.33. The molecule has 0 saturated carbocycles. The van der Waals surface area contributed by atoms with Crippen LogP contribution >= 0.6 is 0 Å². The van der Waals surface area contributed by atoms with Gasteiger partial charge in [0.2, 0.25) is 0 Å². The maximum Gasteiger partial charge on any atom is 0.333 e. The zero-order chi connectivity index (χ0) is 13.4. The Morgan fingerprint density at radius 3 is 3.00 bits per heavy atom. The number of imidazole rings is 1. The summed E-state index contributed by atoms with van der Waals surface area (Å²) in [5.41, 5.74) is 6.85. The third-order valence-electron chi connectivity index (χ3n) is 2.55. The number of rotatable bonds is 7. The second kappa shape index (κ2) is 7.66. The van der Waals surface area contributed by atoms with Crippen molar-refractivity contribution in [3.8, 4) is 0 Å². The van der Waals surface area contributed by atoms with Crippen LogP contribution in [0.25, 0.3) is 6.08 Å². The molecular weight excluding hydrogens is 230 g/mol. The van der Waals surface area contributed by atoms with E-state index in [1.165, 1.54) is 7.11 Å². The molecular formula is C13H21N3O2. The van der Waals surface area contributed by atoms with Crippen LogP contribution in [0.4, 0.5) is 0 Å². The zero-order valence-electron chi connectivity index (χ0n) is 11.1. The average molecular weight is 251 g/mol. The predicted molar refractivity (Wildman–Crippen MR) is 70.8 cm³/mol. The van der Waals surface area contributed by atoms with Gasteiger partial charge in [-0.1, -0.05) is 6.92 Å². The summed E-state index contributed by atoms with van der Waals surface area (Å²) in [4.78, 5) is 15.8. The summed E-state index contributed by atoms with van der Waals surface area (Å²) in [6.45, 7) is 3.59. The maximum atomic E-state index is 11.6. The van der Waals surface area contributed by atoms with E-state index in [0.29, 0.717) is 18.5 Å². The standard InChI is InChI=1S/C13H21N3O2/c1-3-7-16-9-12(15-10-16)8-11(5-4-6-14)13(17)18-2/h8-10H,3-7,14H2,1-2H3/b11-8-. The van der Waals surface area contributed by atoms with Crippen LogP contribution in [-0.4, -0.2) is 29.2 Å². The largest absolute Gasteiger partial charge is 0.466 e. The molecule has 0 atom stereocenters. The van der Waals surface area contributed by atoms with Crippen LogP contribution in [0.3, 0.4) is 0 Å². The summed E-state index contributed by atoms with van der Waals surface area (Å²) < 4.78 is 6.76. The molecule has 0 aliphatic heterocycles. The molecule has 1 aromatic rings. The molecule has 0 radical (unpaired) electrons. The monoisotopic (exact) mass is 251 g/mol. The number of carbonyl (C=O) groups excluding carboxylic acids is 1. The van der Waals surface area contributed by atoms with Gasteiger partial charge in [-0.05, 0) is 31.9 Å². The minimum atomic E-state index is -0.312. The minimum Gasteiger partial charge on any atom is -0.466 e. The summed E-state index contributed by atoms with van der Waals surface area (Å²) in [5, 5.41) is 0. The number of aromatic nitrogens is 2. The normalized spacial score (nSPS) is 11.6. The lowest BCUT2D eigenvalue weighted by Gasteiger charge is -2.03. The van der Waals surface area contributed by atoms with Crippen LogP contribution in [0.5, 0.6) is 0 Å². The van der Waals surface area contributed by atoms with Gasteiger partial charge in [0.05, 0.1) is 19.1 Å². The van der Waals surface area contributed by atoms with Gasteiger partial charge in [-0.15, -0.1) is 0 Å². The first-order chi connectivity index (χ1) is 8.71. The maximum absolute atomic E-state index is 11.6. The summed E-state index contributed by atoms with van der Waals surface area (Å²) in [7, 11) is 1.38. The van der Waals surface area contributed by atoms with Crippen molar-refractivity contribution in [2.24, 2.45) is 5.73 Å². The topological polar surface area (TPSA) is 70.1 Å². The molecule has 1 aromatic heterocycles. The molecule has 0 aliphatic carbocycles. The van der Waals surface area contributed by atoms with Crippen LogP contribution in [0, 0.1) is 0 Å². The van der Waals surface area contributed by atoms with E-state index in [4.69, 9.17) is 10.5 Å². The Bertz CT molecular complexity index is 410. The van der Waals surface area contributed by atoms with Crippen molar-refractivity contribution in [2.45, 2.75) is 32.7 Å². The predicted octanol–water partition coefficient (Wildman–Crippen LogP) is 1.59. The lowest BCUT2D eigenvalue weighted by molar-refractivity contribution is -0.136. The lowest BCUT2D eigenvalue weighted by atomic mass is 10.1. The molecule has 0 aromatic carbocycles. The van der Waals surface area contributed by atoms with Crippen LogP contribution in [-0.2, 0) is 16.1 Å². The number of hydrogen-bond donors (Lipinski definition) is 1. The molecule has 0 spiro atoms. The van der Waals surface area contributed by atoms with Crippen molar-refractivity contribution in [1.82, 2.24) is 9.55 Å². The first-order valence-electron chi connectivity index (χ1n) is 6.22. The van der Waals surface area contributed by atoms with Crippen molar-refractivity contribution in [1.29, 1.82) is 0 Å². The molecule has 0 saturated heterocycles. The van der Waals surface area contributed by atoms with E-state index in [9.17, 15) is 4.79 Å². The van der Waals surface area contributed by atoms with Gasteiger partial charge in [0.25, 0.3) is 0 Å². The number of methoxy groups -OCH3 is 1. The molecule has 18 heavy (non-hydrogen) atoms. The van der Waals surface area contributed by atoms with Crippen molar-refractivity contribution in [3.63, 3.8) is 0 Å². The Kier molecular flexibility index (Phi) is 6.14. The molecule has 5 nitrogen and oxygen atoms in total. The fourth-order valence-corrected chi connectivity index (χ4v) is 1.67. The summed E-state index contributed by atoms with van der Waals surface area (Å²) in [6.07, 6.45) is 7.90. The highest BCUT2D eigenvalue weighted by Gasteiger charge is 2.09. The fourth-order valence-electron chi connectivity index (χ4n) is 1.67. The van der Waals surface area contributed by atoms with Crippen molar-refractivity contribution in [2.75, 3.05) is 13.7 Å². The van der Waals surface area contributed by atoms with E-state index in [-0.39, 0.29) is 5.97 Å². The van der Waals surface area contributed by atoms with Crippen molar-refractivity contribution < 1.29 is 9.53 Å². The Balaban J connectivity index is 2.81. The van der Waals surface area contributed by atoms with Crippen LogP contribution in [0.2, 0.25) is 0 Å². The van der Waals surface area contributed by atoms with Gasteiger partial charge in [-0.2, -0.15) is 0 Å². The van der Waals surface area contributed by atoms with Gasteiger partial charge in [0.15, 0.2) is 0 Å². The molecule has 0 unspecified atom stereocenters. The average Bonchev–Trinajstić information content (AvgIpc) is 2.81. The van der Waals surface area contributed by atoms with E-state index in [2.05, 4.69) is 11.9 Å². The van der Waals surface area contributed by atoms with Gasteiger partial charge in [0.1, 0.15) is 0 Å². The van der Waals surface area contributed by atoms with Crippen LogP contribution < -0.4 is 5.73 Å². The number of esters is 1. The molecule has 1 rings (SSSR count). The van der Waals surface area contributed by atoms with Gasteiger partial charge in [-0.3, -0.25) is 0 Å². The van der Waals surface area contributed by atoms with Gasteiger partial charge < -0.3 is 15.0 Å². The van der Waals surface area contributed by atoms with Crippen LogP contribution in [0.1, 0.15) is 31.9 Å². The first-order valence-corrected chi connectivity index (χ1v) is 6.22. The number of aryl methyl sites for hydroxylation is 1. The zero-order valence-corrected chi connectivity index (χ0v) is 11.1. The third-order valence-corrected chi connectivity index (χ3v) is 2.55. The number of nitrogens with two attached hydrogens (primary N) is 1. The number of ether oxygens (including phenoxy) is 1. The highest BCUT2D eigenvalue weighted by Crippen LogP contribution is 2.12. The smallest absolute Gasteiger partial charge is 0.333 e. The van der Waals surface area contributed by atoms with Gasteiger partial charge in [0, 0.05) is 18.3 Å². The molecule has 0 fully saturated rings.